The van der Waals surface area contributed by atoms with Gasteiger partial charge < -0.3 is 5.11 Å². The van der Waals surface area contributed by atoms with Crippen LogP contribution in [0.3, 0.4) is 0 Å². The van der Waals surface area contributed by atoms with Gasteiger partial charge in [0.15, 0.2) is 0 Å². The number of thioether (sulfide) groups is 2. The largest absolute Gasteiger partial charge is 0.481 e. The summed E-state index contributed by atoms with van der Waals surface area (Å²) in [7, 11) is 0. The van der Waals surface area contributed by atoms with E-state index in [1.165, 1.54) is 37.9 Å². The van der Waals surface area contributed by atoms with Crippen molar-refractivity contribution in [2.24, 2.45) is 17.8 Å². The first-order chi connectivity index (χ1) is 10.4. The third-order valence-electron chi connectivity index (χ3n) is 5.29. The van der Waals surface area contributed by atoms with Gasteiger partial charge in [0.05, 0.1) is 4.08 Å². The minimum Gasteiger partial charge on any atom is -0.481 e. The van der Waals surface area contributed by atoms with Crippen LogP contribution in [0, 0.1) is 17.8 Å². The number of carboxylic acid groups (broad SMARTS) is 1. The van der Waals surface area contributed by atoms with Crippen LogP contribution >= 0.6 is 23.5 Å². The Bertz CT molecular complexity index is 372. The fourth-order valence-electron chi connectivity index (χ4n) is 4.16. The third-order valence-corrected chi connectivity index (χ3v) is 9.01. The lowest BCUT2D eigenvalue weighted by molar-refractivity contribution is -0.137. The van der Waals surface area contributed by atoms with Crippen LogP contribution in [0.4, 0.5) is 0 Å². The smallest absolute Gasteiger partial charge is 0.303 e. The Labute approximate surface area is 144 Å². The molecule has 0 bridgehead atoms. The van der Waals surface area contributed by atoms with Crippen LogP contribution in [0.15, 0.2) is 0 Å². The van der Waals surface area contributed by atoms with E-state index in [-0.39, 0.29) is 0 Å². The molecular formula is C18H32O2S2. The van der Waals surface area contributed by atoms with Gasteiger partial charge in [-0.25, -0.2) is 0 Å². The second kappa shape index (κ2) is 8.32. The van der Waals surface area contributed by atoms with E-state index in [0.29, 0.717) is 10.5 Å². The van der Waals surface area contributed by atoms with Gasteiger partial charge in [0, 0.05) is 11.7 Å². The summed E-state index contributed by atoms with van der Waals surface area (Å²) < 4.78 is 0.446. The van der Waals surface area contributed by atoms with E-state index in [1.807, 2.05) is 0 Å². The van der Waals surface area contributed by atoms with Crippen molar-refractivity contribution in [1.82, 2.24) is 0 Å². The minimum absolute atomic E-state index is 0.336. The van der Waals surface area contributed by atoms with E-state index < -0.39 is 5.97 Å². The molecule has 0 radical (unpaired) electrons. The number of unbranched alkanes of at least 4 members (excludes halogenated alkanes) is 1. The first kappa shape index (κ1) is 18.5. The Morgan fingerprint density at radius 2 is 2.05 bits per heavy atom. The zero-order valence-electron chi connectivity index (χ0n) is 14.3. The number of hydrogen-bond acceptors (Lipinski definition) is 3. The third kappa shape index (κ3) is 4.83. The highest BCUT2D eigenvalue weighted by Crippen LogP contribution is 2.60. The second-order valence-electron chi connectivity index (χ2n) is 7.57. The van der Waals surface area contributed by atoms with Crippen molar-refractivity contribution in [2.45, 2.75) is 81.5 Å². The van der Waals surface area contributed by atoms with Crippen LogP contribution in [-0.2, 0) is 4.79 Å². The Morgan fingerprint density at radius 3 is 2.73 bits per heavy atom. The van der Waals surface area contributed by atoms with Crippen LogP contribution in [0.1, 0.15) is 72.1 Å². The van der Waals surface area contributed by atoms with Crippen molar-refractivity contribution in [3.05, 3.63) is 0 Å². The number of rotatable bonds is 6. The standard InChI is InChI=1S/C18H32O2S2/c1-13(2)16-9-8-14(3)12-18(16)21-11-10-15(22-18)6-4-5-7-17(19)20/h13-16H,4-12H2,1-3H3,(H,19,20). The molecule has 4 atom stereocenters. The summed E-state index contributed by atoms with van der Waals surface area (Å²) in [4.78, 5) is 10.6. The molecular weight excluding hydrogens is 312 g/mol. The molecule has 0 amide bonds. The van der Waals surface area contributed by atoms with Crippen LogP contribution < -0.4 is 0 Å². The van der Waals surface area contributed by atoms with Crippen LogP contribution in [-0.4, -0.2) is 26.2 Å². The fraction of sp³-hybridized carbons (Fsp3) is 0.944. The highest BCUT2D eigenvalue weighted by atomic mass is 32.2. The van der Waals surface area contributed by atoms with Crippen molar-refractivity contribution in [3.8, 4) is 0 Å². The minimum atomic E-state index is -0.649. The Balaban J connectivity index is 1.92. The van der Waals surface area contributed by atoms with Crippen molar-refractivity contribution < 1.29 is 9.90 Å². The molecule has 128 valence electrons. The molecule has 2 fully saturated rings. The molecule has 2 nitrogen and oxygen atoms in total. The quantitative estimate of drug-likeness (QED) is 0.631. The normalized spacial score (nSPS) is 35.9. The summed E-state index contributed by atoms with van der Waals surface area (Å²) in [6, 6.07) is 0. The lowest BCUT2D eigenvalue weighted by Gasteiger charge is -2.51. The molecule has 1 N–H and O–H groups in total. The molecule has 2 rings (SSSR count). The first-order valence-corrected chi connectivity index (χ1v) is 10.8. The lowest BCUT2D eigenvalue weighted by atomic mass is 9.76. The van der Waals surface area contributed by atoms with Gasteiger partial charge in [0.25, 0.3) is 0 Å². The van der Waals surface area contributed by atoms with Gasteiger partial charge in [-0.2, -0.15) is 0 Å². The van der Waals surface area contributed by atoms with E-state index >= 15 is 0 Å². The summed E-state index contributed by atoms with van der Waals surface area (Å²) in [6.07, 6.45) is 8.94. The van der Waals surface area contributed by atoms with Gasteiger partial charge in [-0.05, 0) is 55.6 Å². The number of hydrogen-bond donors (Lipinski definition) is 1. The number of carbonyl (C=O) groups is 1. The summed E-state index contributed by atoms with van der Waals surface area (Å²) in [5, 5.41) is 9.52. The first-order valence-electron chi connectivity index (χ1n) is 8.96. The Morgan fingerprint density at radius 1 is 1.27 bits per heavy atom. The maximum absolute atomic E-state index is 10.6. The molecule has 0 aromatic heterocycles. The molecule has 22 heavy (non-hydrogen) atoms. The molecule has 1 aliphatic heterocycles. The zero-order chi connectivity index (χ0) is 16.2. The lowest BCUT2D eigenvalue weighted by Crippen LogP contribution is -2.43. The fourth-order valence-corrected chi connectivity index (χ4v) is 9.02. The molecule has 0 aromatic carbocycles. The molecule has 4 heteroatoms. The number of aliphatic carboxylic acids is 1. The SMILES string of the molecule is CC1CCC(C(C)C)C2(C1)SCCC(CCCCC(=O)O)S2. The highest BCUT2D eigenvalue weighted by Gasteiger charge is 2.48. The topological polar surface area (TPSA) is 37.3 Å². The monoisotopic (exact) mass is 344 g/mol. The Kier molecular flexibility index (Phi) is 7.00. The molecule has 1 aliphatic carbocycles. The van der Waals surface area contributed by atoms with E-state index in [2.05, 4.69) is 44.3 Å². The molecule has 1 heterocycles. The van der Waals surface area contributed by atoms with Crippen LogP contribution in [0.25, 0.3) is 0 Å². The van der Waals surface area contributed by atoms with Gasteiger partial charge in [-0.15, -0.1) is 23.5 Å². The van der Waals surface area contributed by atoms with E-state index in [4.69, 9.17) is 5.11 Å². The van der Waals surface area contributed by atoms with Crippen LogP contribution in [0.5, 0.6) is 0 Å². The van der Waals surface area contributed by atoms with E-state index in [9.17, 15) is 4.79 Å². The zero-order valence-corrected chi connectivity index (χ0v) is 16.0. The van der Waals surface area contributed by atoms with E-state index in [1.54, 1.807) is 0 Å². The van der Waals surface area contributed by atoms with Gasteiger partial charge in [-0.3, -0.25) is 4.79 Å². The molecule has 2 aliphatic rings. The molecule has 4 unspecified atom stereocenters. The van der Waals surface area contributed by atoms with Crippen molar-refractivity contribution in [2.75, 3.05) is 5.75 Å². The summed E-state index contributed by atoms with van der Waals surface area (Å²) >= 11 is 4.51. The predicted octanol–water partition coefficient (Wildman–Crippen LogP) is 5.66. The number of carboxylic acids is 1. The maximum Gasteiger partial charge on any atom is 0.303 e. The van der Waals surface area contributed by atoms with Gasteiger partial charge >= 0.3 is 5.97 Å². The maximum atomic E-state index is 10.6. The van der Waals surface area contributed by atoms with Gasteiger partial charge in [-0.1, -0.05) is 33.6 Å². The molecule has 1 saturated carbocycles. The summed E-state index contributed by atoms with van der Waals surface area (Å²) in [6.45, 7) is 7.23. The predicted molar refractivity (Wildman–Crippen MR) is 98.6 cm³/mol. The van der Waals surface area contributed by atoms with E-state index in [0.717, 1.165) is 35.8 Å². The molecule has 1 saturated heterocycles. The summed E-state index contributed by atoms with van der Waals surface area (Å²) in [5.74, 6) is 3.14. The Hall–Kier alpha value is 0.170. The van der Waals surface area contributed by atoms with Gasteiger partial charge in [0.1, 0.15) is 0 Å². The average molecular weight is 345 g/mol. The van der Waals surface area contributed by atoms with Crippen molar-refractivity contribution >= 4 is 29.5 Å². The average Bonchev–Trinajstić information content (AvgIpc) is 2.43. The second-order valence-corrected chi connectivity index (χ2v) is 10.9. The van der Waals surface area contributed by atoms with Crippen molar-refractivity contribution in [1.29, 1.82) is 0 Å². The van der Waals surface area contributed by atoms with Crippen molar-refractivity contribution in [3.63, 3.8) is 0 Å². The van der Waals surface area contributed by atoms with Gasteiger partial charge in [0.2, 0.25) is 0 Å². The summed E-state index contributed by atoms with van der Waals surface area (Å²) in [5.41, 5.74) is 0. The highest BCUT2D eigenvalue weighted by molar-refractivity contribution is 8.19. The molecule has 1 spiro atoms. The van der Waals surface area contributed by atoms with Crippen LogP contribution in [0.2, 0.25) is 0 Å². The molecule has 0 aromatic rings.